The number of ether oxygens (including phenoxy) is 1. The number of H-pyrrole nitrogens is 1. The molecule has 41 heavy (non-hydrogen) atoms. The zero-order valence-electron chi connectivity index (χ0n) is 23.5. The highest BCUT2D eigenvalue weighted by atomic mass is 35.5. The molecule has 7 nitrogen and oxygen atoms in total. The molecular formula is C33H39ClN4O3. The molecule has 4 aromatic rings. The zero-order valence-corrected chi connectivity index (χ0v) is 24.3. The van der Waals surface area contributed by atoms with Crippen molar-refractivity contribution >= 4 is 39.4 Å². The van der Waals surface area contributed by atoms with Gasteiger partial charge in [0, 0.05) is 58.6 Å². The average Bonchev–Trinajstić information content (AvgIpc) is 3.62. The van der Waals surface area contributed by atoms with Gasteiger partial charge in [0.15, 0.2) is 0 Å². The van der Waals surface area contributed by atoms with Crippen LogP contribution in [0.3, 0.4) is 0 Å². The molecule has 0 unspecified atom stereocenters. The summed E-state index contributed by atoms with van der Waals surface area (Å²) in [6, 6.07) is 14.4. The van der Waals surface area contributed by atoms with Gasteiger partial charge in [-0.05, 0) is 93.9 Å². The van der Waals surface area contributed by atoms with Crippen molar-refractivity contribution in [3.63, 3.8) is 0 Å². The van der Waals surface area contributed by atoms with Crippen molar-refractivity contribution in [2.75, 3.05) is 32.7 Å². The van der Waals surface area contributed by atoms with Gasteiger partial charge in [-0.1, -0.05) is 24.1 Å². The molecular weight excluding hydrogens is 536 g/mol. The van der Waals surface area contributed by atoms with Crippen LogP contribution in [-0.4, -0.2) is 65.5 Å². The van der Waals surface area contributed by atoms with Crippen molar-refractivity contribution < 1.29 is 13.9 Å². The number of likely N-dealkylation sites (tertiary alicyclic amines) is 1. The van der Waals surface area contributed by atoms with E-state index in [0.29, 0.717) is 17.3 Å². The van der Waals surface area contributed by atoms with Gasteiger partial charge in [0.05, 0.1) is 6.26 Å². The van der Waals surface area contributed by atoms with E-state index >= 15 is 0 Å². The lowest BCUT2D eigenvalue weighted by Crippen LogP contribution is -2.52. The predicted octanol–water partition coefficient (Wildman–Crippen LogP) is 6.61. The van der Waals surface area contributed by atoms with Gasteiger partial charge in [-0.3, -0.25) is 4.79 Å². The molecule has 0 aliphatic carbocycles. The molecule has 3 fully saturated rings. The number of nitrogens with one attached hydrogen (secondary N) is 2. The van der Waals surface area contributed by atoms with E-state index in [-0.39, 0.29) is 11.9 Å². The minimum atomic E-state index is -0.0477. The fourth-order valence-corrected chi connectivity index (χ4v) is 7.51. The molecule has 0 bridgehead atoms. The molecule has 8 heteroatoms. The topological polar surface area (TPSA) is 73.7 Å². The van der Waals surface area contributed by atoms with Gasteiger partial charge in [0.1, 0.15) is 23.6 Å². The molecule has 0 saturated carbocycles. The Kier molecular flexibility index (Phi) is 7.67. The number of carbonyl (C=O) groups is 1. The van der Waals surface area contributed by atoms with E-state index in [2.05, 4.69) is 20.1 Å². The molecule has 0 radical (unpaired) electrons. The molecule has 3 aliphatic rings. The lowest BCUT2D eigenvalue weighted by atomic mass is 9.83. The Labute approximate surface area is 246 Å². The van der Waals surface area contributed by atoms with Crippen LogP contribution in [-0.2, 0) is 6.61 Å². The number of hydrogen-bond acceptors (Lipinski definition) is 5. The number of fused-ring (bicyclic) bond motifs is 3. The molecule has 2 N–H and O–H groups in total. The molecule has 3 aliphatic heterocycles. The normalized spacial score (nSPS) is 22.7. The van der Waals surface area contributed by atoms with Crippen LogP contribution in [0, 0.1) is 5.92 Å². The minimum Gasteiger partial charge on any atom is -0.488 e. The summed E-state index contributed by atoms with van der Waals surface area (Å²) in [7, 11) is 0. The summed E-state index contributed by atoms with van der Waals surface area (Å²) in [6.07, 6.45) is 10.6. The van der Waals surface area contributed by atoms with E-state index in [0.717, 1.165) is 71.1 Å². The van der Waals surface area contributed by atoms with Crippen LogP contribution in [0.1, 0.15) is 61.0 Å². The molecule has 2 atom stereocenters. The third-order valence-corrected chi connectivity index (χ3v) is 9.75. The van der Waals surface area contributed by atoms with Crippen molar-refractivity contribution in [1.82, 2.24) is 20.1 Å². The summed E-state index contributed by atoms with van der Waals surface area (Å²) in [5.41, 5.74) is 3.15. The van der Waals surface area contributed by atoms with E-state index in [9.17, 15) is 4.79 Å². The highest BCUT2D eigenvalue weighted by Gasteiger charge is 2.34. The van der Waals surface area contributed by atoms with Crippen LogP contribution in [0.2, 0.25) is 5.02 Å². The van der Waals surface area contributed by atoms with Crippen molar-refractivity contribution in [2.24, 2.45) is 5.92 Å². The quantitative estimate of drug-likeness (QED) is 0.260. The average molecular weight is 575 g/mol. The SMILES string of the molecule is O=C(NC1CCN(C[C@@H]2CCCN3CCCC[C@H]23)CC1)c1cc2c(OCc3coc4cc(Cl)ccc34)cccc2[nH]1. The second-order valence-corrected chi connectivity index (χ2v) is 12.6. The molecule has 7 rings (SSSR count). The summed E-state index contributed by atoms with van der Waals surface area (Å²) in [5, 5.41) is 5.82. The summed E-state index contributed by atoms with van der Waals surface area (Å²) >= 11 is 6.09. The number of piperidine rings is 3. The standard InChI is InChI=1S/C33H39ClN4O3/c34-24-9-10-26-23(21-41-32(26)17-24)20-40-31-8-3-6-28-27(31)18-29(36-28)33(39)35-25-11-15-37(16-12-25)19-22-5-4-14-38-13-2-1-7-30(22)38/h3,6,8-10,17-18,21-22,25,30,36H,1-2,4-5,7,11-16,19-20H2,(H,35,39)/t22-,30+/m0/s1. The maximum atomic E-state index is 13.2. The maximum Gasteiger partial charge on any atom is 0.267 e. The molecule has 2 aromatic carbocycles. The van der Waals surface area contributed by atoms with E-state index in [1.165, 1.54) is 51.7 Å². The zero-order chi connectivity index (χ0) is 27.8. The van der Waals surface area contributed by atoms with Gasteiger partial charge in [0.2, 0.25) is 0 Å². The van der Waals surface area contributed by atoms with Gasteiger partial charge in [0.25, 0.3) is 5.91 Å². The van der Waals surface area contributed by atoms with Crippen LogP contribution in [0.5, 0.6) is 5.75 Å². The molecule has 2 aromatic heterocycles. The number of furan rings is 1. The molecule has 3 saturated heterocycles. The lowest BCUT2D eigenvalue weighted by Gasteiger charge is -2.46. The number of aromatic amines is 1. The number of halogens is 1. The van der Waals surface area contributed by atoms with Crippen LogP contribution >= 0.6 is 11.6 Å². The molecule has 216 valence electrons. The molecule has 5 heterocycles. The Bertz CT molecular complexity index is 1520. The van der Waals surface area contributed by atoms with Crippen LogP contribution < -0.4 is 10.1 Å². The van der Waals surface area contributed by atoms with Crippen molar-refractivity contribution in [2.45, 2.75) is 63.6 Å². The summed E-state index contributed by atoms with van der Waals surface area (Å²) in [5.74, 6) is 1.49. The maximum absolute atomic E-state index is 13.2. The number of rotatable bonds is 7. The first kappa shape index (κ1) is 26.9. The number of aromatic nitrogens is 1. The number of benzene rings is 2. The fourth-order valence-electron chi connectivity index (χ4n) is 7.34. The summed E-state index contributed by atoms with van der Waals surface area (Å²) in [4.78, 5) is 22.0. The Morgan fingerprint density at radius 2 is 1.88 bits per heavy atom. The van der Waals surface area contributed by atoms with E-state index in [4.69, 9.17) is 20.8 Å². The number of nitrogens with zero attached hydrogens (tertiary/aromatic N) is 2. The van der Waals surface area contributed by atoms with Gasteiger partial charge < -0.3 is 29.3 Å². The van der Waals surface area contributed by atoms with E-state index in [1.807, 2.05) is 42.5 Å². The van der Waals surface area contributed by atoms with Crippen molar-refractivity contribution in [3.8, 4) is 5.75 Å². The Balaban J connectivity index is 0.948. The fraction of sp³-hybridized carbons (Fsp3) is 0.485. The Hall–Kier alpha value is -3.00. The van der Waals surface area contributed by atoms with E-state index in [1.54, 1.807) is 6.26 Å². The summed E-state index contributed by atoms with van der Waals surface area (Å²) in [6.45, 7) is 6.30. The highest BCUT2D eigenvalue weighted by molar-refractivity contribution is 6.31. The van der Waals surface area contributed by atoms with Gasteiger partial charge in [-0.25, -0.2) is 0 Å². The monoisotopic (exact) mass is 574 g/mol. The first-order chi connectivity index (χ1) is 20.1. The number of amides is 1. The van der Waals surface area contributed by atoms with Crippen LogP contribution in [0.4, 0.5) is 0 Å². The van der Waals surface area contributed by atoms with Gasteiger partial charge in [-0.2, -0.15) is 0 Å². The Morgan fingerprint density at radius 3 is 2.78 bits per heavy atom. The third-order valence-electron chi connectivity index (χ3n) is 9.51. The van der Waals surface area contributed by atoms with Gasteiger partial charge >= 0.3 is 0 Å². The summed E-state index contributed by atoms with van der Waals surface area (Å²) < 4.78 is 11.8. The Morgan fingerprint density at radius 1 is 1.00 bits per heavy atom. The second kappa shape index (κ2) is 11.7. The number of carbonyl (C=O) groups excluding carboxylic acids is 1. The lowest BCUT2D eigenvalue weighted by molar-refractivity contribution is 0.0351. The predicted molar refractivity (Wildman–Crippen MR) is 163 cm³/mol. The third kappa shape index (κ3) is 5.72. The molecule has 1 amide bonds. The van der Waals surface area contributed by atoms with E-state index < -0.39 is 0 Å². The first-order valence-corrected chi connectivity index (χ1v) is 15.7. The van der Waals surface area contributed by atoms with Gasteiger partial charge in [-0.15, -0.1) is 0 Å². The largest absolute Gasteiger partial charge is 0.488 e. The number of hydrogen-bond donors (Lipinski definition) is 2. The van der Waals surface area contributed by atoms with Crippen LogP contribution in [0.15, 0.2) is 53.1 Å². The molecule has 0 spiro atoms. The minimum absolute atomic E-state index is 0.0477. The van der Waals surface area contributed by atoms with Crippen molar-refractivity contribution in [1.29, 1.82) is 0 Å². The smallest absolute Gasteiger partial charge is 0.267 e. The highest BCUT2D eigenvalue weighted by Crippen LogP contribution is 2.33. The van der Waals surface area contributed by atoms with Crippen LogP contribution in [0.25, 0.3) is 21.9 Å². The van der Waals surface area contributed by atoms with Crippen molar-refractivity contribution in [3.05, 3.63) is 65.0 Å². The first-order valence-electron chi connectivity index (χ1n) is 15.3. The second-order valence-electron chi connectivity index (χ2n) is 12.1.